The third-order valence-electron chi connectivity index (χ3n) is 5.69. The second-order valence-electron chi connectivity index (χ2n) is 8.33. The summed E-state index contributed by atoms with van der Waals surface area (Å²) in [5.74, 6) is -1.69. The van der Waals surface area contributed by atoms with Crippen LogP contribution in [0.3, 0.4) is 0 Å². The van der Waals surface area contributed by atoms with E-state index in [9.17, 15) is 13.6 Å². The Balaban J connectivity index is 1.61. The number of halogens is 2. The lowest BCUT2D eigenvalue weighted by Gasteiger charge is -2.15. The molecule has 34 heavy (non-hydrogen) atoms. The molecule has 0 saturated heterocycles. The molecule has 1 N–H and O–H groups in total. The number of rotatable bonds is 7. The lowest BCUT2D eigenvalue weighted by Crippen LogP contribution is -2.11. The summed E-state index contributed by atoms with van der Waals surface area (Å²) < 4.78 is 36.2. The number of aromatic nitrogens is 2. The number of carbonyl (C=O) groups is 1. The molecule has 4 rings (SSSR count). The highest BCUT2D eigenvalue weighted by atomic mass is 19.1. The van der Waals surface area contributed by atoms with Crippen molar-refractivity contribution in [3.63, 3.8) is 0 Å². The third-order valence-corrected chi connectivity index (χ3v) is 5.69. The molecule has 0 saturated carbocycles. The first-order chi connectivity index (χ1) is 16.3. The van der Waals surface area contributed by atoms with Gasteiger partial charge in [0.1, 0.15) is 18.0 Å². The number of nitrogens with zero attached hydrogens (tertiary/aromatic N) is 2. The van der Waals surface area contributed by atoms with Gasteiger partial charge in [0.05, 0.1) is 17.5 Å². The molecule has 0 unspecified atom stereocenters. The Hall–Kier alpha value is -4.00. The number of carboxylic acid groups (broad SMARTS) is 1. The number of benzene rings is 3. The zero-order chi connectivity index (χ0) is 24.4. The molecule has 7 heteroatoms. The van der Waals surface area contributed by atoms with Crippen molar-refractivity contribution < 1.29 is 23.4 Å². The van der Waals surface area contributed by atoms with Gasteiger partial charge in [-0.25, -0.2) is 18.3 Å². The summed E-state index contributed by atoms with van der Waals surface area (Å²) in [7, 11) is 0. The van der Waals surface area contributed by atoms with Gasteiger partial charge in [-0.15, -0.1) is 0 Å². The molecule has 0 bridgehead atoms. The van der Waals surface area contributed by atoms with E-state index < -0.39 is 17.6 Å². The first-order valence-electron chi connectivity index (χ1n) is 10.8. The molecule has 0 aliphatic rings. The van der Waals surface area contributed by atoms with Crippen LogP contribution >= 0.6 is 0 Å². The lowest BCUT2D eigenvalue weighted by atomic mass is 9.99. The SMILES string of the molecule is Cc1cc(OCc2c(C(C)C)cnn2-c2c(F)cccc2F)ccc1-c1ccc(C(=O)O)cc1. The molecule has 0 spiro atoms. The molecule has 0 amide bonds. The van der Waals surface area contributed by atoms with Gasteiger partial charge >= 0.3 is 5.97 Å². The van der Waals surface area contributed by atoms with E-state index in [0.29, 0.717) is 11.4 Å². The van der Waals surface area contributed by atoms with E-state index in [1.54, 1.807) is 30.5 Å². The van der Waals surface area contributed by atoms with Crippen molar-refractivity contribution in [3.8, 4) is 22.6 Å². The molecule has 3 aromatic carbocycles. The summed E-state index contributed by atoms with van der Waals surface area (Å²) >= 11 is 0. The number of hydrogen-bond donors (Lipinski definition) is 1. The molecule has 1 aromatic heterocycles. The predicted octanol–water partition coefficient (Wildman–Crippen LogP) is 6.53. The maximum atomic E-state index is 14.4. The van der Waals surface area contributed by atoms with E-state index in [0.717, 1.165) is 22.3 Å². The standard InChI is InChI=1S/C27H24F2N2O3/c1-16(2)22-14-30-31(26-23(28)5-4-6-24(26)29)25(22)15-34-20-11-12-21(17(3)13-20)18-7-9-19(10-8-18)27(32)33/h4-14,16H,15H2,1-3H3,(H,32,33). The molecule has 0 fully saturated rings. The zero-order valence-corrected chi connectivity index (χ0v) is 19.0. The molecule has 0 aliphatic heterocycles. The zero-order valence-electron chi connectivity index (χ0n) is 19.0. The summed E-state index contributed by atoms with van der Waals surface area (Å²) in [6.07, 6.45) is 1.62. The Morgan fingerprint density at radius 2 is 1.74 bits per heavy atom. The topological polar surface area (TPSA) is 64.4 Å². The van der Waals surface area contributed by atoms with Crippen LogP contribution in [-0.4, -0.2) is 20.9 Å². The second kappa shape index (κ2) is 9.47. The highest BCUT2D eigenvalue weighted by Crippen LogP contribution is 2.29. The first kappa shape index (κ1) is 23.2. The number of carboxylic acids is 1. The Labute approximate surface area is 196 Å². The van der Waals surface area contributed by atoms with Crippen LogP contribution in [0.25, 0.3) is 16.8 Å². The largest absolute Gasteiger partial charge is 0.487 e. The second-order valence-corrected chi connectivity index (χ2v) is 8.33. The summed E-state index contributed by atoms with van der Waals surface area (Å²) in [4.78, 5) is 11.1. The highest BCUT2D eigenvalue weighted by molar-refractivity contribution is 5.88. The average Bonchev–Trinajstić information content (AvgIpc) is 3.21. The van der Waals surface area contributed by atoms with Gasteiger partial charge in [-0.2, -0.15) is 5.10 Å². The van der Waals surface area contributed by atoms with Crippen molar-refractivity contribution in [2.24, 2.45) is 0 Å². The first-order valence-corrected chi connectivity index (χ1v) is 10.8. The average molecular weight is 462 g/mol. The molecule has 0 aliphatic carbocycles. The predicted molar refractivity (Wildman–Crippen MR) is 125 cm³/mol. The molecule has 5 nitrogen and oxygen atoms in total. The summed E-state index contributed by atoms with van der Waals surface area (Å²) in [6, 6.07) is 16.0. The van der Waals surface area contributed by atoms with Crippen LogP contribution < -0.4 is 4.74 Å². The Kier molecular flexibility index (Phi) is 6.45. The van der Waals surface area contributed by atoms with Gasteiger partial charge in [0.25, 0.3) is 0 Å². The Morgan fingerprint density at radius 1 is 1.06 bits per heavy atom. The Bertz CT molecular complexity index is 1320. The van der Waals surface area contributed by atoms with Crippen LogP contribution in [0.5, 0.6) is 5.75 Å². The van der Waals surface area contributed by atoms with E-state index in [4.69, 9.17) is 9.84 Å². The van der Waals surface area contributed by atoms with Crippen LogP contribution in [0.4, 0.5) is 8.78 Å². The lowest BCUT2D eigenvalue weighted by molar-refractivity contribution is 0.0697. The smallest absolute Gasteiger partial charge is 0.335 e. The number of aryl methyl sites for hydroxylation is 1. The molecule has 0 atom stereocenters. The monoisotopic (exact) mass is 462 g/mol. The van der Waals surface area contributed by atoms with Crippen LogP contribution in [0, 0.1) is 18.6 Å². The van der Waals surface area contributed by atoms with Gasteiger partial charge in [-0.1, -0.05) is 38.1 Å². The number of ether oxygens (including phenoxy) is 1. The van der Waals surface area contributed by atoms with Gasteiger partial charge in [0, 0.05) is 0 Å². The minimum Gasteiger partial charge on any atom is -0.487 e. The van der Waals surface area contributed by atoms with E-state index in [1.165, 1.54) is 22.9 Å². The fourth-order valence-electron chi connectivity index (χ4n) is 3.89. The third kappa shape index (κ3) is 4.55. The van der Waals surface area contributed by atoms with Crippen molar-refractivity contribution in [1.29, 1.82) is 0 Å². The highest BCUT2D eigenvalue weighted by Gasteiger charge is 2.20. The number of hydrogen-bond acceptors (Lipinski definition) is 3. The molecule has 4 aromatic rings. The van der Waals surface area contributed by atoms with Crippen molar-refractivity contribution >= 4 is 5.97 Å². The van der Waals surface area contributed by atoms with Crippen LogP contribution in [0.2, 0.25) is 0 Å². The van der Waals surface area contributed by atoms with Gasteiger partial charge in [-0.3, -0.25) is 0 Å². The maximum Gasteiger partial charge on any atom is 0.335 e. The van der Waals surface area contributed by atoms with Crippen molar-refractivity contribution in [2.75, 3.05) is 0 Å². The minimum absolute atomic E-state index is 0.0768. The fraction of sp³-hybridized carbons (Fsp3) is 0.185. The Morgan fingerprint density at radius 3 is 2.32 bits per heavy atom. The summed E-state index contributed by atoms with van der Waals surface area (Å²) in [6.45, 7) is 5.98. The number of aromatic carboxylic acids is 1. The van der Waals surface area contributed by atoms with Crippen molar-refractivity contribution in [2.45, 2.75) is 33.3 Å². The number of para-hydroxylation sites is 1. The van der Waals surface area contributed by atoms with Crippen molar-refractivity contribution in [3.05, 3.63) is 101 Å². The molecular formula is C27H24F2N2O3. The normalized spacial score (nSPS) is 11.1. The molecule has 0 radical (unpaired) electrons. The van der Waals surface area contributed by atoms with Crippen LogP contribution in [-0.2, 0) is 6.61 Å². The van der Waals surface area contributed by atoms with E-state index >= 15 is 0 Å². The molecular weight excluding hydrogens is 438 g/mol. The summed E-state index contributed by atoms with van der Waals surface area (Å²) in [5, 5.41) is 13.3. The van der Waals surface area contributed by atoms with Crippen LogP contribution in [0.1, 0.15) is 46.9 Å². The van der Waals surface area contributed by atoms with Gasteiger partial charge in [0.15, 0.2) is 11.6 Å². The van der Waals surface area contributed by atoms with E-state index in [1.807, 2.05) is 39.0 Å². The molecule has 174 valence electrons. The van der Waals surface area contributed by atoms with Crippen molar-refractivity contribution in [1.82, 2.24) is 9.78 Å². The van der Waals surface area contributed by atoms with Gasteiger partial charge < -0.3 is 9.84 Å². The van der Waals surface area contributed by atoms with E-state index in [-0.39, 0.29) is 23.8 Å². The quantitative estimate of drug-likeness (QED) is 0.339. The summed E-state index contributed by atoms with van der Waals surface area (Å²) in [5.41, 5.74) is 4.20. The van der Waals surface area contributed by atoms with Gasteiger partial charge in [-0.05, 0) is 71.5 Å². The fourth-order valence-corrected chi connectivity index (χ4v) is 3.89. The minimum atomic E-state index is -0.970. The van der Waals surface area contributed by atoms with Gasteiger partial charge in [0.2, 0.25) is 0 Å². The van der Waals surface area contributed by atoms with Crippen LogP contribution in [0.15, 0.2) is 66.9 Å². The molecule has 1 heterocycles. The maximum absolute atomic E-state index is 14.4. The van der Waals surface area contributed by atoms with E-state index in [2.05, 4.69) is 5.10 Å².